The van der Waals surface area contributed by atoms with Crippen LogP contribution in [0.25, 0.3) is 0 Å². The Morgan fingerprint density at radius 3 is 2.36 bits per heavy atom. The standard InChI is InChI=1S/C20H19F3N2O3/c21-20(22,23)17-7-2-1-6-16(17)19(28)25-10-8-14(9-11-25)24-18(27)13-4-3-5-15(26)12-13/h1-7,12,14,26H,8-11H2,(H,24,27). The number of hydrogen-bond donors (Lipinski definition) is 2. The maximum Gasteiger partial charge on any atom is 0.417 e. The van der Waals surface area contributed by atoms with Crippen LogP contribution in [0.15, 0.2) is 48.5 Å². The summed E-state index contributed by atoms with van der Waals surface area (Å²) >= 11 is 0. The van der Waals surface area contributed by atoms with E-state index < -0.39 is 17.6 Å². The van der Waals surface area contributed by atoms with Crippen molar-refractivity contribution in [3.05, 3.63) is 65.2 Å². The number of carbonyl (C=O) groups is 2. The Hall–Kier alpha value is -3.03. The van der Waals surface area contributed by atoms with Gasteiger partial charge in [-0.1, -0.05) is 18.2 Å². The number of phenolic OH excluding ortho intramolecular Hbond substituents is 1. The van der Waals surface area contributed by atoms with Crippen molar-refractivity contribution in [3.8, 4) is 5.75 Å². The molecule has 1 fully saturated rings. The molecule has 28 heavy (non-hydrogen) atoms. The van der Waals surface area contributed by atoms with E-state index in [1.807, 2.05) is 0 Å². The number of rotatable bonds is 3. The molecular weight excluding hydrogens is 373 g/mol. The van der Waals surface area contributed by atoms with Crippen LogP contribution < -0.4 is 5.32 Å². The van der Waals surface area contributed by atoms with Crippen LogP contribution in [0.5, 0.6) is 5.75 Å². The summed E-state index contributed by atoms with van der Waals surface area (Å²) in [6, 6.07) is 10.5. The lowest BCUT2D eigenvalue weighted by molar-refractivity contribution is -0.138. The van der Waals surface area contributed by atoms with E-state index >= 15 is 0 Å². The van der Waals surface area contributed by atoms with Gasteiger partial charge in [-0.05, 0) is 43.2 Å². The molecule has 3 rings (SSSR count). The van der Waals surface area contributed by atoms with E-state index in [4.69, 9.17) is 0 Å². The Balaban J connectivity index is 1.61. The molecule has 0 bridgehead atoms. The monoisotopic (exact) mass is 392 g/mol. The number of likely N-dealkylation sites (tertiary alicyclic amines) is 1. The predicted octanol–water partition coefficient (Wildman–Crippen LogP) is 3.45. The van der Waals surface area contributed by atoms with Gasteiger partial charge < -0.3 is 15.3 Å². The number of carbonyl (C=O) groups excluding carboxylic acids is 2. The van der Waals surface area contributed by atoms with Crippen LogP contribution in [0, 0.1) is 0 Å². The van der Waals surface area contributed by atoms with Crippen molar-refractivity contribution in [1.82, 2.24) is 10.2 Å². The third kappa shape index (κ3) is 4.44. The number of hydrogen-bond acceptors (Lipinski definition) is 3. The molecule has 0 radical (unpaired) electrons. The van der Waals surface area contributed by atoms with Crippen molar-refractivity contribution < 1.29 is 27.9 Å². The molecule has 0 spiro atoms. The molecule has 2 N–H and O–H groups in total. The summed E-state index contributed by atoms with van der Waals surface area (Å²) in [4.78, 5) is 26.2. The van der Waals surface area contributed by atoms with Crippen LogP contribution in [0.3, 0.4) is 0 Å². The summed E-state index contributed by atoms with van der Waals surface area (Å²) in [5.41, 5.74) is -0.992. The van der Waals surface area contributed by atoms with E-state index in [9.17, 15) is 27.9 Å². The van der Waals surface area contributed by atoms with Crippen molar-refractivity contribution in [1.29, 1.82) is 0 Å². The molecular formula is C20H19F3N2O3. The fourth-order valence-electron chi connectivity index (χ4n) is 3.23. The Morgan fingerprint density at radius 1 is 1.04 bits per heavy atom. The van der Waals surface area contributed by atoms with Gasteiger partial charge in [0.25, 0.3) is 11.8 Å². The van der Waals surface area contributed by atoms with Crippen LogP contribution in [0.4, 0.5) is 13.2 Å². The van der Waals surface area contributed by atoms with E-state index in [0.29, 0.717) is 18.4 Å². The Bertz CT molecular complexity index is 875. The smallest absolute Gasteiger partial charge is 0.417 e. The molecule has 1 aliphatic rings. The van der Waals surface area contributed by atoms with Gasteiger partial charge in [-0.3, -0.25) is 9.59 Å². The summed E-state index contributed by atoms with van der Waals surface area (Å²) < 4.78 is 39.4. The molecule has 148 valence electrons. The van der Waals surface area contributed by atoms with Crippen LogP contribution in [-0.2, 0) is 6.18 Å². The number of alkyl halides is 3. The molecule has 2 aromatic rings. The van der Waals surface area contributed by atoms with Gasteiger partial charge in [0.1, 0.15) is 5.75 Å². The molecule has 1 aliphatic heterocycles. The van der Waals surface area contributed by atoms with Crippen LogP contribution in [-0.4, -0.2) is 41.0 Å². The lowest BCUT2D eigenvalue weighted by Crippen LogP contribution is -2.46. The summed E-state index contributed by atoms with van der Waals surface area (Å²) in [7, 11) is 0. The molecule has 0 unspecified atom stereocenters. The number of amides is 2. The first kappa shape index (κ1) is 19.7. The summed E-state index contributed by atoms with van der Waals surface area (Å²) in [5, 5.41) is 12.3. The van der Waals surface area contributed by atoms with Crippen molar-refractivity contribution in [2.24, 2.45) is 0 Å². The van der Waals surface area contributed by atoms with Crippen molar-refractivity contribution in [2.45, 2.75) is 25.1 Å². The summed E-state index contributed by atoms with van der Waals surface area (Å²) in [6.07, 6.45) is -3.73. The SMILES string of the molecule is O=C(NC1CCN(C(=O)c2ccccc2C(F)(F)F)CC1)c1cccc(O)c1. The topological polar surface area (TPSA) is 69.6 Å². The van der Waals surface area contributed by atoms with E-state index in [0.717, 1.165) is 6.07 Å². The van der Waals surface area contributed by atoms with E-state index in [2.05, 4.69) is 5.32 Å². The normalized spacial score (nSPS) is 15.3. The van der Waals surface area contributed by atoms with Gasteiger partial charge >= 0.3 is 6.18 Å². The number of nitrogens with one attached hydrogen (secondary N) is 1. The zero-order valence-electron chi connectivity index (χ0n) is 14.9. The summed E-state index contributed by atoms with van der Waals surface area (Å²) in [5.74, 6) is -1.02. The first-order valence-corrected chi connectivity index (χ1v) is 8.81. The highest BCUT2D eigenvalue weighted by atomic mass is 19.4. The number of aromatic hydroxyl groups is 1. The quantitative estimate of drug-likeness (QED) is 0.841. The Morgan fingerprint density at radius 2 is 1.71 bits per heavy atom. The summed E-state index contributed by atoms with van der Waals surface area (Å²) in [6.45, 7) is 0.492. The minimum Gasteiger partial charge on any atom is -0.508 e. The van der Waals surface area contributed by atoms with Crippen LogP contribution in [0.2, 0.25) is 0 Å². The van der Waals surface area contributed by atoms with E-state index in [1.54, 1.807) is 12.1 Å². The second kappa shape index (κ2) is 7.92. The highest BCUT2D eigenvalue weighted by molar-refractivity contribution is 5.96. The zero-order chi connectivity index (χ0) is 20.3. The first-order chi connectivity index (χ1) is 13.3. The maximum absolute atomic E-state index is 13.1. The average Bonchev–Trinajstić information content (AvgIpc) is 2.67. The van der Waals surface area contributed by atoms with E-state index in [1.165, 1.54) is 35.2 Å². The van der Waals surface area contributed by atoms with Gasteiger partial charge in [0.05, 0.1) is 11.1 Å². The van der Waals surface area contributed by atoms with Gasteiger partial charge in [0.15, 0.2) is 0 Å². The fourth-order valence-corrected chi connectivity index (χ4v) is 3.23. The number of nitrogens with zero attached hydrogens (tertiary/aromatic N) is 1. The fraction of sp³-hybridized carbons (Fsp3) is 0.300. The molecule has 1 heterocycles. The molecule has 0 aliphatic carbocycles. The second-order valence-electron chi connectivity index (χ2n) is 6.63. The van der Waals surface area contributed by atoms with Gasteiger partial charge in [0.2, 0.25) is 0 Å². The highest BCUT2D eigenvalue weighted by Gasteiger charge is 2.36. The van der Waals surface area contributed by atoms with Crippen molar-refractivity contribution in [2.75, 3.05) is 13.1 Å². The second-order valence-corrected chi connectivity index (χ2v) is 6.63. The molecule has 8 heteroatoms. The molecule has 5 nitrogen and oxygen atoms in total. The number of phenols is 1. The first-order valence-electron chi connectivity index (χ1n) is 8.81. The molecule has 2 aromatic carbocycles. The third-order valence-corrected chi connectivity index (χ3v) is 4.69. The number of benzene rings is 2. The van der Waals surface area contributed by atoms with Gasteiger partial charge in [-0.2, -0.15) is 13.2 Å². The Labute approximate surface area is 159 Å². The number of piperidine rings is 1. The third-order valence-electron chi connectivity index (χ3n) is 4.69. The number of halogens is 3. The molecule has 0 atom stereocenters. The van der Waals surface area contributed by atoms with Crippen LogP contribution in [0.1, 0.15) is 39.1 Å². The largest absolute Gasteiger partial charge is 0.508 e. The predicted molar refractivity (Wildman–Crippen MR) is 95.9 cm³/mol. The highest BCUT2D eigenvalue weighted by Crippen LogP contribution is 2.32. The van der Waals surface area contributed by atoms with Gasteiger partial charge in [-0.25, -0.2) is 0 Å². The lowest BCUT2D eigenvalue weighted by atomic mass is 10.0. The van der Waals surface area contributed by atoms with Crippen molar-refractivity contribution >= 4 is 11.8 Å². The van der Waals surface area contributed by atoms with E-state index in [-0.39, 0.29) is 36.4 Å². The molecule has 0 saturated carbocycles. The molecule has 2 amide bonds. The van der Waals surface area contributed by atoms with Crippen molar-refractivity contribution in [3.63, 3.8) is 0 Å². The average molecular weight is 392 g/mol. The van der Waals surface area contributed by atoms with Crippen LogP contribution >= 0.6 is 0 Å². The zero-order valence-corrected chi connectivity index (χ0v) is 14.9. The van der Waals surface area contributed by atoms with Gasteiger partial charge in [-0.15, -0.1) is 0 Å². The maximum atomic E-state index is 13.1. The Kier molecular flexibility index (Phi) is 5.58. The lowest BCUT2D eigenvalue weighted by Gasteiger charge is -2.33. The molecule has 1 saturated heterocycles. The minimum absolute atomic E-state index is 0.0172. The molecule has 0 aromatic heterocycles. The minimum atomic E-state index is -4.60. The van der Waals surface area contributed by atoms with Gasteiger partial charge in [0, 0.05) is 24.7 Å².